The molecular formula is C20H17BrFN7O2. The van der Waals surface area contributed by atoms with E-state index in [0.29, 0.717) is 32.2 Å². The molecule has 3 heterocycles. The van der Waals surface area contributed by atoms with Crippen LogP contribution in [0.15, 0.2) is 44.7 Å². The molecule has 0 bridgehead atoms. The van der Waals surface area contributed by atoms with Crippen molar-refractivity contribution in [3.63, 3.8) is 0 Å². The van der Waals surface area contributed by atoms with E-state index in [1.54, 1.807) is 35.0 Å². The van der Waals surface area contributed by atoms with E-state index in [1.165, 1.54) is 6.07 Å². The molecule has 0 amide bonds. The van der Waals surface area contributed by atoms with Gasteiger partial charge in [0, 0.05) is 27.9 Å². The van der Waals surface area contributed by atoms with Crippen LogP contribution < -0.4 is 21.7 Å². The first kappa shape index (κ1) is 19.5. The molecule has 4 aromatic rings. The fourth-order valence-corrected chi connectivity index (χ4v) is 3.47. The number of nitrogens with zero attached hydrogens (tertiary/aromatic N) is 4. The molecule has 0 radical (unpaired) electrons. The number of halogens is 2. The van der Waals surface area contributed by atoms with E-state index in [4.69, 9.17) is 4.99 Å². The van der Waals surface area contributed by atoms with Gasteiger partial charge in [-0.3, -0.25) is 9.98 Å². The van der Waals surface area contributed by atoms with Crippen LogP contribution in [0.5, 0.6) is 5.88 Å². The van der Waals surface area contributed by atoms with Gasteiger partial charge in [-0.05, 0) is 31.1 Å². The van der Waals surface area contributed by atoms with Gasteiger partial charge in [-0.25, -0.2) is 14.2 Å². The molecule has 5 rings (SSSR count). The first-order valence-corrected chi connectivity index (χ1v) is 10.4. The average Bonchev–Trinajstić information content (AvgIpc) is 3.36. The second-order valence-electron chi connectivity index (χ2n) is 7.27. The molecule has 0 atom stereocenters. The number of benzene rings is 1. The van der Waals surface area contributed by atoms with Crippen molar-refractivity contribution in [3.8, 4) is 5.88 Å². The van der Waals surface area contributed by atoms with Gasteiger partial charge in [-0.2, -0.15) is 9.61 Å². The number of aromatic nitrogens is 5. The Morgan fingerprint density at radius 2 is 2.19 bits per heavy atom. The summed E-state index contributed by atoms with van der Waals surface area (Å²) in [6, 6.07) is 6.91. The lowest BCUT2D eigenvalue weighted by Gasteiger charge is -2.08. The van der Waals surface area contributed by atoms with Crippen LogP contribution in [-0.4, -0.2) is 35.7 Å². The molecule has 9 nitrogen and oxygen atoms in total. The normalized spacial score (nSPS) is 15.2. The van der Waals surface area contributed by atoms with E-state index in [0.717, 1.165) is 12.8 Å². The summed E-state index contributed by atoms with van der Waals surface area (Å²) in [4.78, 5) is 25.5. The van der Waals surface area contributed by atoms with Gasteiger partial charge in [0.1, 0.15) is 17.3 Å². The summed E-state index contributed by atoms with van der Waals surface area (Å²) in [5, 5.41) is 18.0. The van der Waals surface area contributed by atoms with Crippen LogP contribution in [-0.2, 0) is 6.54 Å². The first-order chi connectivity index (χ1) is 15.0. The van der Waals surface area contributed by atoms with Crippen molar-refractivity contribution in [1.82, 2.24) is 24.6 Å². The van der Waals surface area contributed by atoms with Gasteiger partial charge in [0.05, 0.1) is 12.2 Å². The van der Waals surface area contributed by atoms with Crippen molar-refractivity contribution in [2.75, 3.05) is 5.32 Å². The molecule has 0 aliphatic heterocycles. The number of nitrogens with one attached hydrogen (secondary N) is 3. The van der Waals surface area contributed by atoms with Gasteiger partial charge >= 0.3 is 5.69 Å². The van der Waals surface area contributed by atoms with Gasteiger partial charge in [-0.15, -0.1) is 0 Å². The molecule has 1 aromatic carbocycles. The van der Waals surface area contributed by atoms with Gasteiger partial charge in [0.15, 0.2) is 11.1 Å². The predicted molar refractivity (Wildman–Crippen MR) is 115 cm³/mol. The number of H-pyrrole nitrogens is 2. The molecule has 31 heavy (non-hydrogen) atoms. The van der Waals surface area contributed by atoms with Gasteiger partial charge < -0.3 is 15.4 Å². The lowest BCUT2D eigenvalue weighted by atomic mass is 10.2. The second-order valence-corrected chi connectivity index (χ2v) is 8.19. The van der Waals surface area contributed by atoms with Crippen LogP contribution in [0.2, 0.25) is 0 Å². The lowest BCUT2D eigenvalue weighted by molar-refractivity contribution is 0.454. The van der Waals surface area contributed by atoms with Crippen molar-refractivity contribution < 1.29 is 9.50 Å². The second kappa shape index (κ2) is 7.65. The van der Waals surface area contributed by atoms with Crippen LogP contribution in [0.25, 0.3) is 11.7 Å². The fraction of sp³-hybridized carbons (Fsp3) is 0.200. The smallest absolute Gasteiger partial charge is 0.326 e. The minimum absolute atomic E-state index is 0.220. The number of rotatable bonds is 5. The molecule has 158 valence electrons. The monoisotopic (exact) mass is 485 g/mol. The summed E-state index contributed by atoms with van der Waals surface area (Å²) in [5.41, 5.74) is 1.31. The van der Waals surface area contributed by atoms with E-state index in [1.807, 2.05) is 0 Å². The minimum atomic E-state index is -0.517. The van der Waals surface area contributed by atoms with Crippen LogP contribution in [0.3, 0.4) is 0 Å². The largest absolute Gasteiger partial charge is 0.493 e. The Kier molecular flexibility index (Phi) is 4.81. The first-order valence-electron chi connectivity index (χ1n) is 9.60. The van der Waals surface area contributed by atoms with E-state index < -0.39 is 5.69 Å². The average molecular weight is 486 g/mol. The molecule has 11 heteroatoms. The highest BCUT2D eigenvalue weighted by Gasteiger charge is 2.20. The molecule has 1 aliphatic carbocycles. The maximum Gasteiger partial charge on any atom is 0.326 e. The van der Waals surface area contributed by atoms with Gasteiger partial charge in [0.25, 0.3) is 0 Å². The topological polar surface area (TPSA) is 123 Å². The number of aromatic hydroxyl groups is 1. The number of hydrogen-bond donors (Lipinski definition) is 4. The minimum Gasteiger partial charge on any atom is -0.493 e. The quantitative estimate of drug-likeness (QED) is 0.341. The highest BCUT2D eigenvalue weighted by molar-refractivity contribution is 9.10. The number of aromatic amines is 2. The van der Waals surface area contributed by atoms with Gasteiger partial charge in [-0.1, -0.05) is 22.0 Å². The van der Waals surface area contributed by atoms with Crippen LogP contribution in [0.4, 0.5) is 10.2 Å². The molecule has 1 saturated carbocycles. The Labute approximate surface area is 182 Å². The van der Waals surface area contributed by atoms with E-state index in [-0.39, 0.29) is 30.0 Å². The number of hydrogen-bond acceptors (Lipinski definition) is 6. The van der Waals surface area contributed by atoms with Gasteiger partial charge in [0.2, 0.25) is 5.88 Å². The van der Waals surface area contributed by atoms with Crippen LogP contribution >= 0.6 is 15.9 Å². The summed E-state index contributed by atoms with van der Waals surface area (Å²) < 4.78 is 16.5. The zero-order valence-electron chi connectivity index (χ0n) is 16.1. The zero-order valence-corrected chi connectivity index (χ0v) is 17.6. The van der Waals surface area contributed by atoms with Crippen molar-refractivity contribution in [2.45, 2.75) is 25.4 Å². The maximum absolute atomic E-state index is 14.2. The highest BCUT2D eigenvalue weighted by Crippen LogP contribution is 2.22. The molecule has 0 saturated heterocycles. The van der Waals surface area contributed by atoms with E-state index in [9.17, 15) is 14.3 Å². The molecule has 0 spiro atoms. The Bertz CT molecular complexity index is 1470. The molecule has 0 unspecified atom stereocenters. The third-order valence-electron chi connectivity index (χ3n) is 4.85. The highest BCUT2D eigenvalue weighted by atomic mass is 79.9. The van der Waals surface area contributed by atoms with Crippen molar-refractivity contribution in [1.29, 1.82) is 0 Å². The molecule has 1 aliphatic rings. The fourth-order valence-electron chi connectivity index (χ4n) is 3.14. The third kappa shape index (κ3) is 4.08. The van der Waals surface area contributed by atoms with Crippen molar-refractivity contribution in [3.05, 3.63) is 73.2 Å². The third-order valence-corrected chi connectivity index (χ3v) is 5.35. The van der Waals surface area contributed by atoms with Crippen molar-refractivity contribution >= 4 is 33.5 Å². The lowest BCUT2D eigenvalue weighted by Crippen LogP contribution is -2.20. The Hall–Kier alpha value is -3.47. The number of fused-ring (bicyclic) bond motifs is 1. The standard InChI is InChI=1S/C20H17BrFN7O2/c21-12-2-1-10(14(22)6-12)8-23-16-7-17(25-13-3-4-13)29-18(27-16)11(9-24-29)5-15-19(30)28-20(31)26-15/h1-2,5-7,9,13,23,30H,3-4,8H2,(H2,26,28,31)/b11-5+,25-17?. The SMILES string of the molecule is O=c1[nH]c(O)c(/C=c2\cnn3c(=NC4CC4)cc(NCc4ccc(Br)cc4F)nc23)[nH]1. The Morgan fingerprint density at radius 3 is 2.90 bits per heavy atom. The van der Waals surface area contributed by atoms with E-state index in [2.05, 4.69) is 41.3 Å². The molecule has 3 aromatic heterocycles. The molecule has 1 fully saturated rings. The molecule has 4 N–H and O–H groups in total. The Balaban J connectivity index is 1.58. The van der Waals surface area contributed by atoms with E-state index >= 15 is 0 Å². The summed E-state index contributed by atoms with van der Waals surface area (Å²) in [6.07, 6.45) is 5.20. The number of anilines is 1. The van der Waals surface area contributed by atoms with Crippen LogP contribution in [0, 0.1) is 5.82 Å². The predicted octanol–water partition coefficient (Wildman–Crippen LogP) is 1.58. The molecular weight excluding hydrogens is 469 g/mol. The maximum atomic E-state index is 14.2. The summed E-state index contributed by atoms with van der Waals surface area (Å²) in [7, 11) is 0. The summed E-state index contributed by atoms with van der Waals surface area (Å²) >= 11 is 3.25. The van der Waals surface area contributed by atoms with Crippen molar-refractivity contribution in [2.24, 2.45) is 4.99 Å². The summed E-state index contributed by atoms with van der Waals surface area (Å²) in [6.45, 7) is 0.240. The van der Waals surface area contributed by atoms with Crippen LogP contribution in [0.1, 0.15) is 24.1 Å². The Morgan fingerprint density at radius 1 is 1.35 bits per heavy atom. The number of imidazole rings is 1. The zero-order chi connectivity index (χ0) is 21.5. The summed E-state index contributed by atoms with van der Waals surface area (Å²) in [5.74, 6) is -0.0838.